The van der Waals surface area contributed by atoms with Crippen molar-refractivity contribution >= 4 is 22.7 Å². The predicted molar refractivity (Wildman–Crippen MR) is 149 cm³/mol. The van der Waals surface area contributed by atoms with Crippen LogP contribution in [0.25, 0.3) is 0 Å². The molecule has 192 valence electrons. The van der Waals surface area contributed by atoms with Gasteiger partial charge in [0.15, 0.2) is 0 Å². The largest absolute Gasteiger partial charge is 0.392 e. The van der Waals surface area contributed by atoms with E-state index >= 15 is 0 Å². The number of rotatable bonds is 9. The van der Waals surface area contributed by atoms with Gasteiger partial charge in [-0.1, -0.05) is 86.6 Å². The number of thiol groups is 1. The lowest BCUT2D eigenvalue weighted by molar-refractivity contribution is 0.280. The van der Waals surface area contributed by atoms with Gasteiger partial charge in [-0.25, -0.2) is 0 Å². The van der Waals surface area contributed by atoms with E-state index in [4.69, 9.17) is 16.4 Å². The fourth-order valence-corrected chi connectivity index (χ4v) is 3.86. The van der Waals surface area contributed by atoms with Gasteiger partial charge in [-0.15, -0.1) is 0 Å². The van der Waals surface area contributed by atoms with E-state index in [0.29, 0.717) is 6.54 Å². The minimum absolute atomic E-state index is 0.0768. The summed E-state index contributed by atoms with van der Waals surface area (Å²) in [6.45, 7) is 4.86. The van der Waals surface area contributed by atoms with Gasteiger partial charge in [0.05, 0.1) is 19.5 Å². The van der Waals surface area contributed by atoms with Crippen LogP contribution in [0.1, 0.15) is 48.6 Å². The van der Waals surface area contributed by atoms with E-state index in [1.54, 1.807) is 0 Å². The Balaban J connectivity index is 0.000000274. The fourth-order valence-electron chi connectivity index (χ4n) is 3.32. The van der Waals surface area contributed by atoms with Crippen LogP contribution in [-0.4, -0.2) is 25.5 Å². The Labute approximate surface area is 218 Å². The number of hydrogen-bond donors (Lipinski definition) is 3. The second-order valence-corrected chi connectivity index (χ2v) is 9.74. The lowest BCUT2D eigenvalue weighted by atomic mass is 10.0. The fraction of sp³-hybridized carbons (Fsp3) is 0.357. The standard InChI is InChI=1S/C10H14O3S.C10H14S.C8H11NO/c1-3-9-6-4-5-7-10(9)8-13-14(2,11)12;1-2-9-5-3-4-6-10(9)7-8-11;9-5-7-3-1-2-4-8(7)6-10/h4-7H,3,8H2,1-2H3;3-6,11H,2,7-8H2,1H3;1-4,10H,5-6,9H2/i;8T;. The molecule has 1 unspecified atom stereocenters. The molecule has 3 aromatic rings. The van der Waals surface area contributed by atoms with Crippen LogP contribution in [0.5, 0.6) is 0 Å². The van der Waals surface area contributed by atoms with Gasteiger partial charge in [0.1, 0.15) is 0 Å². The third-order valence-corrected chi connectivity index (χ3v) is 5.98. The number of aliphatic hydroxyl groups excluding tert-OH is 1. The van der Waals surface area contributed by atoms with Crippen molar-refractivity contribution in [1.82, 2.24) is 0 Å². The third kappa shape index (κ3) is 12.4. The Morgan fingerprint density at radius 2 is 1.26 bits per heavy atom. The van der Waals surface area contributed by atoms with Crippen molar-refractivity contribution in [2.24, 2.45) is 5.73 Å². The first kappa shape index (κ1) is 29.1. The Morgan fingerprint density at radius 1 is 0.829 bits per heavy atom. The summed E-state index contributed by atoms with van der Waals surface area (Å²) in [7, 11) is -3.35. The molecular weight excluding hydrogens is 478 g/mol. The van der Waals surface area contributed by atoms with Crippen LogP contribution >= 0.6 is 12.6 Å². The van der Waals surface area contributed by atoms with Gasteiger partial charge in [0.2, 0.25) is 0 Å². The van der Waals surface area contributed by atoms with Crippen molar-refractivity contribution < 1.29 is 19.1 Å². The van der Waals surface area contributed by atoms with Crippen LogP contribution in [0, 0.1) is 0 Å². The van der Waals surface area contributed by atoms with Gasteiger partial charge in [-0.3, -0.25) is 4.18 Å². The smallest absolute Gasteiger partial charge is 0.264 e. The van der Waals surface area contributed by atoms with Crippen LogP contribution in [0.2, 0.25) is 0 Å². The molecule has 0 aliphatic carbocycles. The summed E-state index contributed by atoms with van der Waals surface area (Å²) >= 11 is 4.06. The molecule has 0 aliphatic rings. The highest BCUT2D eigenvalue weighted by molar-refractivity contribution is 7.85. The van der Waals surface area contributed by atoms with Crippen molar-refractivity contribution in [3.63, 3.8) is 0 Å². The molecule has 3 aromatic carbocycles. The molecule has 0 fully saturated rings. The number of aliphatic hydroxyl groups is 1. The maximum absolute atomic E-state index is 10.8. The van der Waals surface area contributed by atoms with Crippen LogP contribution in [0.15, 0.2) is 72.8 Å². The first-order chi connectivity index (χ1) is 17.1. The molecule has 0 saturated carbocycles. The zero-order valence-electron chi connectivity index (χ0n) is 21.9. The van der Waals surface area contributed by atoms with E-state index in [-0.39, 0.29) is 18.9 Å². The zero-order chi connectivity index (χ0) is 27.0. The molecule has 35 heavy (non-hydrogen) atoms. The summed E-state index contributed by atoms with van der Waals surface area (Å²) in [5, 5.41) is 8.79. The molecule has 3 rings (SSSR count). The summed E-state index contributed by atoms with van der Waals surface area (Å²) < 4.78 is 33.6. The Bertz CT molecular complexity index is 1110. The van der Waals surface area contributed by atoms with E-state index in [1.165, 1.54) is 11.1 Å². The number of nitrogens with two attached hydrogens (primary N) is 1. The lowest BCUT2D eigenvalue weighted by Crippen LogP contribution is -2.04. The molecule has 0 heterocycles. The number of hydrogen-bond acceptors (Lipinski definition) is 6. The highest BCUT2D eigenvalue weighted by Gasteiger charge is 2.05. The first-order valence-electron chi connectivity index (χ1n) is 12.2. The van der Waals surface area contributed by atoms with Gasteiger partial charge in [-0.2, -0.15) is 21.0 Å². The zero-order valence-corrected chi connectivity index (χ0v) is 22.6. The molecule has 5 nitrogen and oxygen atoms in total. The van der Waals surface area contributed by atoms with Crippen molar-refractivity contribution in [3.05, 3.63) is 106 Å². The van der Waals surface area contributed by atoms with Gasteiger partial charge in [0, 0.05) is 7.92 Å². The van der Waals surface area contributed by atoms with E-state index in [2.05, 4.69) is 31.7 Å². The topological polar surface area (TPSA) is 89.6 Å². The van der Waals surface area contributed by atoms with Crippen LogP contribution in [0.4, 0.5) is 0 Å². The summed E-state index contributed by atoms with van der Waals surface area (Å²) in [6, 6.07) is 23.5. The lowest BCUT2D eigenvalue weighted by Gasteiger charge is -2.06. The van der Waals surface area contributed by atoms with E-state index < -0.39 is 10.1 Å². The summed E-state index contributed by atoms with van der Waals surface area (Å²) in [4.78, 5) is 0. The van der Waals surface area contributed by atoms with Crippen LogP contribution in [0.3, 0.4) is 0 Å². The van der Waals surface area contributed by atoms with Gasteiger partial charge in [0.25, 0.3) is 10.1 Å². The van der Waals surface area contributed by atoms with Crippen molar-refractivity contribution in [2.75, 3.05) is 12.0 Å². The van der Waals surface area contributed by atoms with Gasteiger partial charge >= 0.3 is 0 Å². The molecule has 0 amide bonds. The van der Waals surface area contributed by atoms with Crippen LogP contribution in [-0.2, 0) is 53.3 Å². The predicted octanol–water partition coefficient (Wildman–Crippen LogP) is 5.08. The molecule has 0 bridgehead atoms. The Hall–Kier alpha value is -2.16. The number of benzene rings is 3. The molecule has 7 heteroatoms. The highest BCUT2D eigenvalue weighted by atomic mass is 32.2. The molecule has 0 radical (unpaired) electrons. The summed E-state index contributed by atoms with van der Waals surface area (Å²) in [5.74, 6) is 0. The Kier molecular flexibility index (Phi) is 14.4. The van der Waals surface area contributed by atoms with E-state index in [9.17, 15) is 8.42 Å². The van der Waals surface area contributed by atoms with Gasteiger partial charge < -0.3 is 10.8 Å². The van der Waals surface area contributed by atoms with E-state index in [0.717, 1.165) is 47.8 Å². The van der Waals surface area contributed by atoms with Crippen molar-refractivity contribution in [1.29, 1.82) is 0 Å². The highest BCUT2D eigenvalue weighted by Crippen LogP contribution is 2.12. The normalized spacial score (nSPS) is 11.9. The van der Waals surface area contributed by atoms with Crippen molar-refractivity contribution in [2.45, 2.75) is 52.9 Å². The first-order valence-corrected chi connectivity index (χ1v) is 13.9. The minimum Gasteiger partial charge on any atom is -0.392 e. The van der Waals surface area contributed by atoms with Crippen molar-refractivity contribution in [3.8, 4) is 0 Å². The molecule has 3 N–H and O–H groups in total. The molecule has 0 aromatic heterocycles. The third-order valence-electron chi connectivity index (χ3n) is 5.25. The maximum Gasteiger partial charge on any atom is 0.264 e. The Morgan fingerprint density at radius 3 is 1.66 bits per heavy atom. The molecule has 0 spiro atoms. The summed E-state index contributed by atoms with van der Waals surface area (Å²) in [5.41, 5.74) is 11.7. The van der Waals surface area contributed by atoms with Crippen LogP contribution < -0.4 is 5.73 Å². The SMILES string of the molecule is CCc1ccccc1COS(C)(=O)=O.NCc1ccccc1CO.[3H]C(S)Cc1ccccc1CC. The average Bonchev–Trinajstić information content (AvgIpc) is 2.88. The molecular formula is C28H39NO4S2. The second-order valence-electron chi connectivity index (χ2n) is 7.73. The summed E-state index contributed by atoms with van der Waals surface area (Å²) in [6.07, 6.45) is 3.72. The van der Waals surface area contributed by atoms with Gasteiger partial charge in [-0.05, 0) is 58.4 Å². The van der Waals surface area contributed by atoms with E-state index in [1.807, 2.05) is 67.6 Å². The minimum atomic E-state index is -3.35. The average molecular weight is 520 g/mol. The number of aryl methyl sites for hydroxylation is 3. The monoisotopic (exact) mass is 519 g/mol. The molecule has 0 aliphatic heterocycles. The quantitative estimate of drug-likeness (QED) is 0.271. The molecule has 0 saturated heterocycles. The second kappa shape index (κ2) is 17.3. The maximum atomic E-state index is 10.8. The molecule has 1 atom stereocenters.